The first kappa shape index (κ1) is 22.5. The Bertz CT molecular complexity index is 1270. The van der Waals surface area contributed by atoms with Crippen molar-refractivity contribution in [2.75, 3.05) is 19.6 Å². The van der Waals surface area contributed by atoms with Crippen LogP contribution in [0.4, 0.5) is 13.2 Å². The fourth-order valence-corrected chi connectivity index (χ4v) is 4.52. The second-order valence-electron chi connectivity index (χ2n) is 8.89. The number of hydrogen-bond donors (Lipinski definition) is 2. The second kappa shape index (κ2) is 8.84. The Kier molecular flexibility index (Phi) is 5.86. The molecule has 1 aliphatic rings. The Morgan fingerprint density at radius 3 is 2.56 bits per heavy atom. The molecule has 5 rings (SSSR count). The minimum absolute atomic E-state index is 0.276. The maximum absolute atomic E-state index is 12.6. The summed E-state index contributed by atoms with van der Waals surface area (Å²) in [5.74, 6) is 0.276. The molecule has 1 unspecified atom stereocenters. The average molecular weight is 470 g/mol. The highest BCUT2D eigenvalue weighted by molar-refractivity contribution is 5.92. The number of fused-ring (bicyclic) bond motifs is 1. The molecule has 0 radical (unpaired) electrons. The maximum Gasteiger partial charge on any atom is 0.415 e. The standard InChI is InChI=1S/C24H25F3N6O/c1-15-2-7-19-20(12-15)28-30-23(19)21-13-33(31-29-21)18-5-3-16(4-6-18)17-8-10-32(11-9-17)14-22(34)24(25,26)27/h2-7,12-13,17,22,34H,8-11,14H2,1H3,(H,28,30). The zero-order chi connectivity index (χ0) is 23.9. The number of aryl methyl sites for hydroxylation is 1. The number of aliphatic hydroxyl groups is 1. The van der Waals surface area contributed by atoms with E-state index in [4.69, 9.17) is 0 Å². The minimum atomic E-state index is -4.57. The van der Waals surface area contributed by atoms with E-state index in [0.29, 0.717) is 18.8 Å². The van der Waals surface area contributed by atoms with Gasteiger partial charge in [0.15, 0.2) is 6.10 Å². The number of nitrogens with one attached hydrogen (secondary N) is 1. The van der Waals surface area contributed by atoms with Crippen LogP contribution in [0.2, 0.25) is 0 Å². The second-order valence-corrected chi connectivity index (χ2v) is 8.89. The van der Waals surface area contributed by atoms with Crippen LogP contribution in [0.25, 0.3) is 28.0 Å². The fourth-order valence-electron chi connectivity index (χ4n) is 4.52. The Balaban J connectivity index is 1.24. The molecule has 0 amide bonds. The summed E-state index contributed by atoms with van der Waals surface area (Å²) >= 11 is 0. The quantitative estimate of drug-likeness (QED) is 0.456. The molecular formula is C24H25F3N6O. The number of likely N-dealkylation sites (tertiary alicyclic amines) is 1. The molecule has 0 spiro atoms. The lowest BCUT2D eigenvalue weighted by Crippen LogP contribution is -2.43. The topological polar surface area (TPSA) is 82.9 Å². The van der Waals surface area contributed by atoms with Crippen molar-refractivity contribution < 1.29 is 18.3 Å². The monoisotopic (exact) mass is 470 g/mol. The van der Waals surface area contributed by atoms with E-state index < -0.39 is 12.3 Å². The summed E-state index contributed by atoms with van der Waals surface area (Å²) in [4.78, 5) is 1.68. The van der Waals surface area contributed by atoms with E-state index in [-0.39, 0.29) is 12.5 Å². The van der Waals surface area contributed by atoms with Crippen LogP contribution < -0.4 is 0 Å². The van der Waals surface area contributed by atoms with E-state index in [1.165, 1.54) is 0 Å². The van der Waals surface area contributed by atoms with Crippen molar-refractivity contribution in [2.45, 2.75) is 38.0 Å². The van der Waals surface area contributed by atoms with Gasteiger partial charge in [-0.05, 0) is 68.1 Å². The van der Waals surface area contributed by atoms with Gasteiger partial charge in [0.05, 0.1) is 17.4 Å². The van der Waals surface area contributed by atoms with Crippen molar-refractivity contribution in [3.63, 3.8) is 0 Å². The molecule has 10 heteroatoms. The van der Waals surface area contributed by atoms with Crippen LogP contribution in [0, 0.1) is 6.92 Å². The molecule has 1 aliphatic heterocycles. The van der Waals surface area contributed by atoms with Crippen molar-refractivity contribution >= 4 is 10.9 Å². The van der Waals surface area contributed by atoms with Crippen LogP contribution in [0.5, 0.6) is 0 Å². The predicted octanol–water partition coefficient (Wildman–Crippen LogP) is 4.22. The summed E-state index contributed by atoms with van der Waals surface area (Å²) in [5, 5.41) is 26.3. The molecule has 0 aliphatic carbocycles. The van der Waals surface area contributed by atoms with Gasteiger partial charge in [-0.25, -0.2) is 4.68 Å². The first-order valence-corrected chi connectivity index (χ1v) is 11.2. The highest BCUT2D eigenvalue weighted by Crippen LogP contribution is 2.30. The predicted molar refractivity (Wildman–Crippen MR) is 122 cm³/mol. The van der Waals surface area contributed by atoms with Gasteiger partial charge in [-0.1, -0.05) is 29.5 Å². The lowest BCUT2D eigenvalue weighted by molar-refractivity contribution is -0.208. The summed E-state index contributed by atoms with van der Waals surface area (Å²) in [6, 6.07) is 14.1. The van der Waals surface area contributed by atoms with E-state index in [1.54, 1.807) is 9.58 Å². The molecule has 7 nitrogen and oxygen atoms in total. The van der Waals surface area contributed by atoms with Crippen molar-refractivity contribution in [2.24, 2.45) is 0 Å². The first-order chi connectivity index (χ1) is 16.3. The molecule has 0 saturated carbocycles. The summed E-state index contributed by atoms with van der Waals surface area (Å²) in [5.41, 5.74) is 5.54. The van der Waals surface area contributed by atoms with E-state index in [9.17, 15) is 18.3 Å². The summed E-state index contributed by atoms with van der Waals surface area (Å²) < 4.78 is 39.5. The van der Waals surface area contributed by atoms with Crippen molar-refractivity contribution in [1.82, 2.24) is 30.1 Å². The van der Waals surface area contributed by atoms with Crippen LogP contribution in [0.3, 0.4) is 0 Å². The Morgan fingerprint density at radius 2 is 1.85 bits per heavy atom. The number of H-pyrrole nitrogens is 1. The van der Waals surface area contributed by atoms with Gasteiger partial charge in [-0.15, -0.1) is 5.10 Å². The summed E-state index contributed by atoms with van der Waals surface area (Å²) in [6.07, 6.45) is -3.52. The van der Waals surface area contributed by atoms with Gasteiger partial charge in [0, 0.05) is 11.9 Å². The van der Waals surface area contributed by atoms with Gasteiger partial charge in [0.2, 0.25) is 0 Å². The smallest absolute Gasteiger partial charge is 0.382 e. The number of rotatable bonds is 5. The highest BCUT2D eigenvalue weighted by Gasteiger charge is 2.39. The summed E-state index contributed by atoms with van der Waals surface area (Å²) in [6.45, 7) is 2.72. The lowest BCUT2D eigenvalue weighted by Gasteiger charge is -2.33. The maximum atomic E-state index is 12.6. The van der Waals surface area contributed by atoms with E-state index in [0.717, 1.165) is 46.3 Å². The molecule has 2 N–H and O–H groups in total. The van der Waals surface area contributed by atoms with Gasteiger partial charge in [0.25, 0.3) is 0 Å². The SMILES string of the molecule is Cc1ccc2c(-c3cn(-c4ccc(C5CCN(CC(O)C(F)(F)F)CC5)cc4)nn3)n[nH]c2c1. The van der Waals surface area contributed by atoms with Crippen LogP contribution >= 0.6 is 0 Å². The molecule has 4 aromatic rings. The largest absolute Gasteiger partial charge is 0.415 e. The number of β-amino-alcohol motifs (C(OH)–C–C–N with tert-alkyl or cyclic N) is 1. The van der Waals surface area contributed by atoms with E-state index in [1.807, 2.05) is 55.6 Å². The number of hydrogen-bond acceptors (Lipinski definition) is 5. The number of piperidine rings is 1. The molecule has 2 aromatic heterocycles. The molecule has 178 valence electrons. The number of aromatic nitrogens is 5. The van der Waals surface area contributed by atoms with Crippen LogP contribution in [-0.2, 0) is 0 Å². The van der Waals surface area contributed by atoms with Gasteiger partial charge in [-0.2, -0.15) is 18.3 Å². The molecule has 0 bridgehead atoms. The number of nitrogens with zero attached hydrogens (tertiary/aromatic N) is 5. The van der Waals surface area contributed by atoms with Crippen molar-refractivity contribution in [3.05, 3.63) is 59.8 Å². The molecular weight excluding hydrogens is 445 g/mol. The van der Waals surface area contributed by atoms with Gasteiger partial charge >= 0.3 is 6.18 Å². The zero-order valence-electron chi connectivity index (χ0n) is 18.6. The number of benzene rings is 2. The van der Waals surface area contributed by atoms with Gasteiger partial charge < -0.3 is 10.0 Å². The molecule has 1 saturated heterocycles. The Labute approximate surface area is 194 Å². The number of alkyl halides is 3. The van der Waals surface area contributed by atoms with Crippen molar-refractivity contribution in [3.8, 4) is 17.1 Å². The summed E-state index contributed by atoms with van der Waals surface area (Å²) in [7, 11) is 0. The average Bonchev–Trinajstić information content (AvgIpc) is 3.46. The van der Waals surface area contributed by atoms with Gasteiger partial charge in [-0.3, -0.25) is 5.10 Å². The number of aliphatic hydroxyl groups excluding tert-OH is 1. The third kappa shape index (κ3) is 4.55. The van der Waals surface area contributed by atoms with E-state index >= 15 is 0 Å². The van der Waals surface area contributed by atoms with Crippen molar-refractivity contribution in [1.29, 1.82) is 0 Å². The molecule has 1 fully saturated rings. The Morgan fingerprint density at radius 1 is 1.12 bits per heavy atom. The first-order valence-electron chi connectivity index (χ1n) is 11.2. The molecule has 2 aromatic carbocycles. The normalized spacial score (nSPS) is 16.9. The number of halogens is 3. The lowest BCUT2D eigenvalue weighted by atomic mass is 9.89. The van der Waals surface area contributed by atoms with Gasteiger partial charge in [0.1, 0.15) is 11.4 Å². The van der Waals surface area contributed by atoms with Crippen LogP contribution in [0.15, 0.2) is 48.7 Å². The molecule has 34 heavy (non-hydrogen) atoms. The van der Waals surface area contributed by atoms with Crippen LogP contribution in [0.1, 0.15) is 29.9 Å². The molecule has 3 heterocycles. The zero-order valence-corrected chi connectivity index (χ0v) is 18.6. The number of aromatic amines is 1. The third-order valence-corrected chi connectivity index (χ3v) is 6.48. The fraction of sp³-hybridized carbons (Fsp3) is 0.375. The Hall–Kier alpha value is -3.24. The molecule has 1 atom stereocenters. The third-order valence-electron chi connectivity index (χ3n) is 6.48. The highest BCUT2D eigenvalue weighted by atomic mass is 19.4. The minimum Gasteiger partial charge on any atom is -0.382 e. The van der Waals surface area contributed by atoms with E-state index in [2.05, 4.69) is 20.5 Å². The van der Waals surface area contributed by atoms with Crippen LogP contribution in [-0.4, -0.2) is 67.1 Å².